The molecule has 3 aromatic carbocycles. The molecule has 4 nitrogen and oxygen atoms in total. The number of nitrogens with zero attached hydrogens (tertiary/aromatic N) is 2. The fourth-order valence-corrected chi connectivity index (χ4v) is 4.94. The Bertz CT molecular complexity index is 1120. The number of aryl methyl sites for hydroxylation is 1. The number of rotatable bonds is 7. The minimum absolute atomic E-state index is 0.0211. The molecule has 1 atom stereocenters. The normalized spacial score (nSPS) is 17.1. The number of hydrogen-bond donors (Lipinski definition) is 1. The smallest absolute Gasteiger partial charge is 0.252 e. The summed E-state index contributed by atoms with van der Waals surface area (Å²) in [6, 6.07) is 23.2. The maximum Gasteiger partial charge on any atom is 0.252 e. The van der Waals surface area contributed by atoms with Crippen molar-refractivity contribution >= 4 is 17.3 Å². The summed E-state index contributed by atoms with van der Waals surface area (Å²) in [4.78, 5) is 17.6. The Hall–Kier alpha value is -3.27. The summed E-state index contributed by atoms with van der Waals surface area (Å²) in [7, 11) is 4.08. The van der Waals surface area contributed by atoms with Gasteiger partial charge >= 0.3 is 0 Å². The summed E-state index contributed by atoms with van der Waals surface area (Å²) in [5.74, 6) is -0.0211. The second-order valence-electron chi connectivity index (χ2n) is 8.56. The lowest BCUT2D eigenvalue weighted by molar-refractivity contribution is 0.0948. The van der Waals surface area contributed by atoms with Crippen molar-refractivity contribution in [3.8, 4) is 0 Å². The summed E-state index contributed by atoms with van der Waals surface area (Å²) < 4.78 is 0. The number of nitrogens with one attached hydrogen (secondary N) is 1. The van der Waals surface area contributed by atoms with Crippen molar-refractivity contribution in [3.63, 3.8) is 0 Å². The molecule has 1 aliphatic rings. The maximum atomic E-state index is 13.1. The van der Waals surface area contributed by atoms with Crippen LogP contribution in [0.5, 0.6) is 0 Å². The lowest BCUT2D eigenvalue weighted by Gasteiger charge is -2.35. The Morgan fingerprint density at radius 2 is 1.47 bits per heavy atom. The van der Waals surface area contributed by atoms with Crippen LogP contribution in [0.3, 0.4) is 0 Å². The molecule has 0 fully saturated rings. The van der Waals surface area contributed by atoms with Gasteiger partial charge < -0.3 is 15.1 Å². The Morgan fingerprint density at radius 1 is 0.812 bits per heavy atom. The van der Waals surface area contributed by atoms with Crippen LogP contribution in [-0.2, 0) is 12.0 Å². The van der Waals surface area contributed by atoms with Gasteiger partial charge in [0.2, 0.25) is 0 Å². The van der Waals surface area contributed by atoms with Crippen molar-refractivity contribution in [2.24, 2.45) is 0 Å². The van der Waals surface area contributed by atoms with Crippen LogP contribution < -0.4 is 15.1 Å². The van der Waals surface area contributed by atoms with Crippen molar-refractivity contribution in [3.05, 3.63) is 94.5 Å². The van der Waals surface area contributed by atoms with Gasteiger partial charge in [-0.3, -0.25) is 4.79 Å². The van der Waals surface area contributed by atoms with Gasteiger partial charge in [0.1, 0.15) is 5.54 Å². The van der Waals surface area contributed by atoms with E-state index in [0.717, 1.165) is 47.5 Å². The van der Waals surface area contributed by atoms with Gasteiger partial charge in [0, 0.05) is 44.1 Å². The molecule has 1 heterocycles. The van der Waals surface area contributed by atoms with Crippen LogP contribution >= 0.6 is 0 Å². The van der Waals surface area contributed by atoms with Crippen LogP contribution in [0.25, 0.3) is 0 Å². The van der Waals surface area contributed by atoms with Gasteiger partial charge in [-0.25, -0.2) is 0 Å². The third-order valence-corrected chi connectivity index (χ3v) is 6.70. The van der Waals surface area contributed by atoms with E-state index in [0.29, 0.717) is 0 Å². The second kappa shape index (κ2) is 8.70. The standard InChI is InChI=1S/C28H33N3O/c1-6-20-19-23(31(7-2)8-3)17-18-25(20)28(21-13-15-22(16-14-21)30(4)5)26-12-10-9-11-24(26)27(32)29-28/h9-19H,6-8H2,1-5H3,(H,29,32). The highest BCUT2D eigenvalue weighted by Gasteiger charge is 2.46. The second-order valence-corrected chi connectivity index (χ2v) is 8.56. The molecule has 4 rings (SSSR count). The van der Waals surface area contributed by atoms with Gasteiger partial charge in [0.05, 0.1) is 0 Å². The summed E-state index contributed by atoms with van der Waals surface area (Å²) in [6.07, 6.45) is 0.889. The van der Waals surface area contributed by atoms with E-state index in [1.54, 1.807) is 0 Å². The molecule has 1 N–H and O–H groups in total. The van der Waals surface area contributed by atoms with Crippen molar-refractivity contribution in [1.82, 2.24) is 5.32 Å². The van der Waals surface area contributed by atoms with Crippen molar-refractivity contribution in [2.75, 3.05) is 37.0 Å². The van der Waals surface area contributed by atoms with E-state index < -0.39 is 5.54 Å². The quantitative estimate of drug-likeness (QED) is 0.563. The van der Waals surface area contributed by atoms with Gasteiger partial charge in [0.25, 0.3) is 5.91 Å². The van der Waals surface area contributed by atoms with Gasteiger partial charge in [-0.2, -0.15) is 0 Å². The predicted octanol–water partition coefficient (Wildman–Crippen LogP) is 5.20. The number of amides is 1. The van der Waals surface area contributed by atoms with Crippen LogP contribution in [-0.4, -0.2) is 33.1 Å². The zero-order valence-electron chi connectivity index (χ0n) is 19.8. The molecule has 1 amide bonds. The van der Waals surface area contributed by atoms with E-state index >= 15 is 0 Å². The van der Waals surface area contributed by atoms with Crippen LogP contribution in [0.4, 0.5) is 11.4 Å². The maximum absolute atomic E-state index is 13.1. The first-order chi connectivity index (χ1) is 15.5. The molecule has 0 radical (unpaired) electrons. The summed E-state index contributed by atoms with van der Waals surface area (Å²) in [5.41, 5.74) is 6.90. The SMILES string of the molecule is CCc1cc(N(CC)CC)ccc1C1(c2ccc(N(C)C)cc2)NC(=O)c2ccccc21. The highest BCUT2D eigenvalue weighted by atomic mass is 16.2. The monoisotopic (exact) mass is 427 g/mol. The van der Waals surface area contributed by atoms with Crippen molar-refractivity contribution in [2.45, 2.75) is 32.7 Å². The predicted molar refractivity (Wildman–Crippen MR) is 134 cm³/mol. The highest BCUT2D eigenvalue weighted by Crippen LogP contribution is 2.45. The molecule has 0 spiro atoms. The number of anilines is 2. The van der Waals surface area contributed by atoms with Gasteiger partial charge in [-0.05, 0) is 72.9 Å². The Labute approximate surface area is 191 Å². The van der Waals surface area contributed by atoms with Crippen LogP contribution in [0.1, 0.15) is 53.4 Å². The molecule has 1 aliphatic heterocycles. The first-order valence-electron chi connectivity index (χ1n) is 11.5. The van der Waals surface area contributed by atoms with Crippen LogP contribution in [0.15, 0.2) is 66.7 Å². The molecular weight excluding hydrogens is 394 g/mol. The van der Waals surface area contributed by atoms with E-state index in [1.165, 1.54) is 11.3 Å². The van der Waals surface area contributed by atoms with Crippen molar-refractivity contribution < 1.29 is 4.79 Å². The zero-order chi connectivity index (χ0) is 22.9. The molecule has 0 bridgehead atoms. The average Bonchev–Trinajstić information content (AvgIpc) is 3.13. The zero-order valence-corrected chi connectivity index (χ0v) is 19.8. The van der Waals surface area contributed by atoms with Crippen molar-refractivity contribution in [1.29, 1.82) is 0 Å². The Kier molecular flexibility index (Phi) is 5.96. The lowest BCUT2D eigenvalue weighted by Crippen LogP contribution is -2.42. The van der Waals surface area contributed by atoms with E-state index in [9.17, 15) is 4.79 Å². The van der Waals surface area contributed by atoms with Crippen LogP contribution in [0.2, 0.25) is 0 Å². The van der Waals surface area contributed by atoms with E-state index in [-0.39, 0.29) is 5.91 Å². The topological polar surface area (TPSA) is 35.6 Å². The molecule has 0 saturated heterocycles. The number of hydrogen-bond acceptors (Lipinski definition) is 3. The molecule has 0 aliphatic carbocycles. The number of fused-ring (bicyclic) bond motifs is 1. The number of carbonyl (C=O) groups is 1. The van der Waals surface area contributed by atoms with Gasteiger partial charge in [0.15, 0.2) is 0 Å². The number of carbonyl (C=O) groups excluding carboxylic acids is 1. The minimum Gasteiger partial charge on any atom is -0.378 e. The Morgan fingerprint density at radius 3 is 2.09 bits per heavy atom. The lowest BCUT2D eigenvalue weighted by atomic mass is 9.75. The largest absolute Gasteiger partial charge is 0.378 e. The Balaban J connectivity index is 1.97. The van der Waals surface area contributed by atoms with E-state index in [1.807, 2.05) is 32.3 Å². The highest BCUT2D eigenvalue weighted by molar-refractivity contribution is 6.01. The average molecular weight is 428 g/mol. The minimum atomic E-state index is -0.703. The van der Waals surface area contributed by atoms with E-state index in [4.69, 9.17) is 0 Å². The molecule has 1 unspecified atom stereocenters. The molecular formula is C28H33N3O. The summed E-state index contributed by atoms with van der Waals surface area (Å²) >= 11 is 0. The third-order valence-electron chi connectivity index (χ3n) is 6.70. The first kappa shape index (κ1) is 21.9. The fourth-order valence-electron chi connectivity index (χ4n) is 4.94. The summed E-state index contributed by atoms with van der Waals surface area (Å²) in [6.45, 7) is 8.50. The van der Waals surface area contributed by atoms with Crippen LogP contribution in [0, 0.1) is 0 Å². The van der Waals surface area contributed by atoms with Gasteiger partial charge in [-0.15, -0.1) is 0 Å². The molecule has 0 aromatic heterocycles. The third kappa shape index (κ3) is 3.44. The summed E-state index contributed by atoms with van der Waals surface area (Å²) in [5, 5.41) is 3.40. The molecule has 3 aromatic rings. The molecule has 166 valence electrons. The number of benzene rings is 3. The van der Waals surface area contributed by atoms with Gasteiger partial charge in [-0.1, -0.05) is 43.3 Å². The van der Waals surface area contributed by atoms with E-state index in [2.05, 4.69) is 84.4 Å². The fraction of sp³-hybridized carbons (Fsp3) is 0.321. The molecule has 4 heteroatoms. The first-order valence-corrected chi connectivity index (χ1v) is 11.5. The molecule has 32 heavy (non-hydrogen) atoms. The molecule has 0 saturated carbocycles.